The maximum absolute atomic E-state index is 13.1. The second-order valence-electron chi connectivity index (χ2n) is 3.32. The van der Waals surface area contributed by atoms with Crippen LogP contribution in [0.5, 0.6) is 0 Å². The molecule has 92 valence electrons. The van der Waals surface area contributed by atoms with Crippen molar-refractivity contribution in [1.82, 2.24) is 5.32 Å². The second-order valence-corrected chi connectivity index (χ2v) is 3.70. The van der Waals surface area contributed by atoms with E-state index in [4.69, 9.17) is 11.6 Å². The lowest BCUT2D eigenvalue weighted by Gasteiger charge is -2.12. The fraction of sp³-hybridized carbons (Fsp3) is 0.273. The zero-order chi connectivity index (χ0) is 13.0. The van der Waals surface area contributed by atoms with Crippen molar-refractivity contribution >= 4 is 23.5 Å². The van der Waals surface area contributed by atoms with Crippen molar-refractivity contribution in [2.75, 3.05) is 7.11 Å². The van der Waals surface area contributed by atoms with Crippen LogP contribution in [0.25, 0.3) is 0 Å². The van der Waals surface area contributed by atoms with E-state index in [1.165, 1.54) is 26.2 Å². The van der Waals surface area contributed by atoms with Crippen LogP contribution in [0.15, 0.2) is 18.2 Å². The summed E-state index contributed by atoms with van der Waals surface area (Å²) in [6, 6.07) is 3.04. The van der Waals surface area contributed by atoms with Gasteiger partial charge < -0.3 is 10.1 Å². The number of carbonyl (C=O) groups excluding carboxylic acids is 2. The Morgan fingerprint density at radius 3 is 2.71 bits per heavy atom. The molecule has 17 heavy (non-hydrogen) atoms. The van der Waals surface area contributed by atoms with Crippen molar-refractivity contribution in [2.45, 2.75) is 13.0 Å². The summed E-state index contributed by atoms with van der Waals surface area (Å²) in [6.45, 7) is 1.46. The number of carbonyl (C=O) groups is 2. The Balaban J connectivity index is 2.84. The van der Waals surface area contributed by atoms with Gasteiger partial charge >= 0.3 is 5.97 Å². The molecule has 1 aromatic rings. The molecule has 0 saturated carbocycles. The molecule has 1 N–H and O–H groups in total. The van der Waals surface area contributed by atoms with E-state index in [0.717, 1.165) is 6.07 Å². The maximum atomic E-state index is 13.1. The third kappa shape index (κ3) is 3.17. The highest BCUT2D eigenvalue weighted by Crippen LogP contribution is 2.19. The molecule has 0 saturated heterocycles. The number of ether oxygens (including phenoxy) is 1. The minimum atomic E-state index is -0.827. The summed E-state index contributed by atoms with van der Waals surface area (Å²) in [5.41, 5.74) is -0.0255. The van der Waals surface area contributed by atoms with Gasteiger partial charge in [-0.05, 0) is 19.1 Å². The first-order valence-corrected chi connectivity index (χ1v) is 5.18. The summed E-state index contributed by atoms with van der Waals surface area (Å²) < 4.78 is 17.5. The van der Waals surface area contributed by atoms with Crippen LogP contribution < -0.4 is 5.32 Å². The van der Waals surface area contributed by atoms with Gasteiger partial charge in [0.15, 0.2) is 0 Å². The standard InChI is InChI=1S/C11H11ClFNO3/c1-6(11(16)17-2)14-10(15)7-4-3-5-8(13)9(7)12/h3-6H,1-2H3,(H,14,15). The average molecular weight is 260 g/mol. The SMILES string of the molecule is COC(=O)C(C)NC(=O)c1cccc(F)c1Cl. The first kappa shape index (κ1) is 13.4. The molecular formula is C11H11ClFNO3. The number of esters is 1. The lowest BCUT2D eigenvalue weighted by Crippen LogP contribution is -2.39. The molecule has 6 heteroatoms. The van der Waals surface area contributed by atoms with Crippen molar-refractivity contribution in [3.05, 3.63) is 34.6 Å². The summed E-state index contributed by atoms with van der Waals surface area (Å²) in [4.78, 5) is 22.8. The first-order valence-electron chi connectivity index (χ1n) is 4.80. The van der Waals surface area contributed by atoms with Crippen LogP contribution in [0.4, 0.5) is 4.39 Å². The van der Waals surface area contributed by atoms with Gasteiger partial charge in [0.05, 0.1) is 17.7 Å². The number of benzene rings is 1. The van der Waals surface area contributed by atoms with E-state index in [-0.39, 0.29) is 10.6 Å². The number of hydrogen-bond acceptors (Lipinski definition) is 3. The monoisotopic (exact) mass is 259 g/mol. The molecule has 4 nitrogen and oxygen atoms in total. The summed E-state index contributed by atoms with van der Waals surface area (Å²) in [6.07, 6.45) is 0. The van der Waals surface area contributed by atoms with Crippen molar-refractivity contribution in [3.8, 4) is 0 Å². The van der Waals surface area contributed by atoms with Gasteiger partial charge in [0.1, 0.15) is 11.9 Å². The Hall–Kier alpha value is -1.62. The molecule has 1 atom stereocenters. The second kappa shape index (κ2) is 5.63. The summed E-state index contributed by atoms with van der Waals surface area (Å²) >= 11 is 5.63. The number of amides is 1. The number of methoxy groups -OCH3 is 1. The third-order valence-corrected chi connectivity index (χ3v) is 2.48. The van der Waals surface area contributed by atoms with Crippen LogP contribution in [0.3, 0.4) is 0 Å². The summed E-state index contributed by atoms with van der Waals surface area (Å²) in [5.74, 6) is -1.91. The topological polar surface area (TPSA) is 55.4 Å². The van der Waals surface area contributed by atoms with Gasteiger partial charge in [-0.3, -0.25) is 4.79 Å². The highest BCUT2D eigenvalue weighted by Gasteiger charge is 2.19. The largest absolute Gasteiger partial charge is 0.467 e. The van der Waals surface area contributed by atoms with Crippen LogP contribution in [0.2, 0.25) is 5.02 Å². The lowest BCUT2D eigenvalue weighted by atomic mass is 10.2. The molecule has 1 amide bonds. The number of nitrogens with one attached hydrogen (secondary N) is 1. The van der Waals surface area contributed by atoms with Crippen molar-refractivity contribution < 1.29 is 18.7 Å². The summed E-state index contributed by atoms with van der Waals surface area (Å²) in [5, 5.41) is 2.07. The van der Waals surface area contributed by atoms with Gasteiger partial charge in [-0.25, -0.2) is 9.18 Å². The molecule has 0 spiro atoms. The number of rotatable bonds is 3. The first-order chi connectivity index (χ1) is 7.97. The van der Waals surface area contributed by atoms with Gasteiger partial charge in [0, 0.05) is 0 Å². The van der Waals surface area contributed by atoms with E-state index in [0.29, 0.717) is 0 Å². The quantitative estimate of drug-likeness (QED) is 0.842. The van der Waals surface area contributed by atoms with Crippen molar-refractivity contribution in [2.24, 2.45) is 0 Å². The van der Waals surface area contributed by atoms with Gasteiger partial charge in [0.25, 0.3) is 5.91 Å². The van der Waals surface area contributed by atoms with Crippen LogP contribution >= 0.6 is 11.6 Å². The smallest absolute Gasteiger partial charge is 0.328 e. The van der Waals surface area contributed by atoms with Crippen LogP contribution in [0, 0.1) is 5.82 Å². The van der Waals surface area contributed by atoms with E-state index in [9.17, 15) is 14.0 Å². The highest BCUT2D eigenvalue weighted by molar-refractivity contribution is 6.34. The number of hydrogen-bond donors (Lipinski definition) is 1. The van der Waals surface area contributed by atoms with Gasteiger partial charge in [-0.15, -0.1) is 0 Å². The normalized spacial score (nSPS) is 11.8. The Kier molecular flexibility index (Phi) is 4.45. The van der Waals surface area contributed by atoms with Crippen molar-refractivity contribution in [3.63, 3.8) is 0 Å². The Labute approximate surface area is 103 Å². The van der Waals surface area contributed by atoms with E-state index in [2.05, 4.69) is 10.1 Å². The molecule has 0 aromatic heterocycles. The predicted octanol–water partition coefficient (Wildman–Crippen LogP) is 1.77. The molecule has 0 fully saturated rings. The number of halogens is 2. The minimum absolute atomic E-state index is 0.0255. The fourth-order valence-electron chi connectivity index (χ4n) is 1.19. The summed E-state index contributed by atoms with van der Waals surface area (Å²) in [7, 11) is 1.21. The van der Waals surface area contributed by atoms with Gasteiger partial charge in [-0.1, -0.05) is 17.7 Å². The highest BCUT2D eigenvalue weighted by atomic mass is 35.5. The maximum Gasteiger partial charge on any atom is 0.328 e. The molecule has 1 unspecified atom stereocenters. The van der Waals surface area contributed by atoms with Crippen molar-refractivity contribution in [1.29, 1.82) is 0 Å². The molecular weight excluding hydrogens is 249 g/mol. The molecule has 0 heterocycles. The lowest BCUT2D eigenvalue weighted by molar-refractivity contribution is -0.142. The van der Waals surface area contributed by atoms with E-state index in [1.54, 1.807) is 0 Å². The predicted molar refractivity (Wildman–Crippen MR) is 60.4 cm³/mol. The zero-order valence-electron chi connectivity index (χ0n) is 9.29. The molecule has 0 aliphatic heterocycles. The molecule has 0 aliphatic carbocycles. The van der Waals surface area contributed by atoms with E-state index in [1.807, 2.05) is 0 Å². The van der Waals surface area contributed by atoms with E-state index >= 15 is 0 Å². The van der Waals surface area contributed by atoms with Gasteiger partial charge in [0.2, 0.25) is 0 Å². The van der Waals surface area contributed by atoms with Crippen LogP contribution in [-0.2, 0) is 9.53 Å². The molecule has 0 aliphatic rings. The molecule has 1 aromatic carbocycles. The third-order valence-electron chi connectivity index (χ3n) is 2.10. The van der Waals surface area contributed by atoms with Crippen LogP contribution in [-0.4, -0.2) is 25.0 Å². The Bertz CT molecular complexity index is 450. The molecule has 0 bridgehead atoms. The molecule has 0 radical (unpaired) electrons. The molecule has 1 rings (SSSR count). The van der Waals surface area contributed by atoms with E-state index < -0.39 is 23.7 Å². The average Bonchev–Trinajstić information content (AvgIpc) is 2.31. The fourth-order valence-corrected chi connectivity index (χ4v) is 1.40. The minimum Gasteiger partial charge on any atom is -0.467 e. The Morgan fingerprint density at radius 2 is 2.12 bits per heavy atom. The zero-order valence-corrected chi connectivity index (χ0v) is 10.0. The van der Waals surface area contributed by atoms with Crippen LogP contribution in [0.1, 0.15) is 17.3 Å². The van der Waals surface area contributed by atoms with Gasteiger partial charge in [-0.2, -0.15) is 0 Å². The Morgan fingerprint density at radius 1 is 1.47 bits per heavy atom.